The Morgan fingerprint density at radius 1 is 1.29 bits per heavy atom. The Morgan fingerprint density at radius 3 is 2.59 bits per heavy atom. The lowest BCUT2D eigenvalue weighted by molar-refractivity contribution is 0.298. The zero-order valence-corrected chi connectivity index (χ0v) is 11.0. The van der Waals surface area contributed by atoms with Gasteiger partial charge in [0.15, 0.2) is 11.5 Å². The zero-order valence-electron chi connectivity index (χ0n) is 10.2. The second-order valence-corrected chi connectivity index (χ2v) is 5.50. The molecule has 1 rings (SSSR count). The highest BCUT2D eigenvalue weighted by Gasteiger charge is 2.05. The van der Waals surface area contributed by atoms with E-state index in [4.69, 9.17) is 9.47 Å². The Labute approximate surface area is 102 Å². The Hall–Kier alpha value is -1.27. The van der Waals surface area contributed by atoms with Crippen LogP contribution < -0.4 is 14.2 Å². The summed E-state index contributed by atoms with van der Waals surface area (Å²) in [5.41, 5.74) is 1.07. The van der Waals surface area contributed by atoms with Crippen molar-refractivity contribution in [3.63, 3.8) is 0 Å². The Kier molecular flexibility index (Phi) is 4.77. The molecule has 1 N–H and O–H groups in total. The second kappa shape index (κ2) is 5.88. The summed E-state index contributed by atoms with van der Waals surface area (Å²) in [7, 11) is -1.60. The van der Waals surface area contributed by atoms with Gasteiger partial charge in [0.1, 0.15) is 6.61 Å². The Bertz CT molecular complexity index is 470. The van der Waals surface area contributed by atoms with Crippen molar-refractivity contribution in [3.8, 4) is 11.5 Å². The minimum Gasteiger partial charge on any atom is -0.493 e. The van der Waals surface area contributed by atoms with Gasteiger partial charge < -0.3 is 9.47 Å². The summed E-state index contributed by atoms with van der Waals surface area (Å²) in [6, 6.07) is 5.57. The van der Waals surface area contributed by atoms with E-state index in [-0.39, 0.29) is 13.2 Å². The van der Waals surface area contributed by atoms with E-state index in [1.54, 1.807) is 13.2 Å². The van der Waals surface area contributed by atoms with Crippen molar-refractivity contribution in [2.75, 3.05) is 26.5 Å². The van der Waals surface area contributed by atoms with Gasteiger partial charge in [0.05, 0.1) is 13.4 Å². The molecule has 0 saturated heterocycles. The fourth-order valence-corrected chi connectivity index (χ4v) is 1.74. The molecule has 0 heterocycles. The molecule has 1 aromatic carbocycles. The number of hydrogen-bond donors (Lipinski definition) is 1. The van der Waals surface area contributed by atoms with Crippen molar-refractivity contribution in [1.29, 1.82) is 0 Å². The maximum absolute atomic E-state index is 10.8. The largest absolute Gasteiger partial charge is 0.493 e. The lowest BCUT2D eigenvalue weighted by Crippen LogP contribution is -2.26. The number of sulfonamides is 1. The summed E-state index contributed by atoms with van der Waals surface area (Å²) in [6.07, 6.45) is 1.11. The third-order valence-electron chi connectivity index (χ3n) is 2.04. The molecule has 0 amide bonds. The number of ether oxygens (including phenoxy) is 2. The van der Waals surface area contributed by atoms with Crippen molar-refractivity contribution in [1.82, 2.24) is 4.72 Å². The molecule has 0 spiro atoms. The van der Waals surface area contributed by atoms with Gasteiger partial charge in [-0.15, -0.1) is 0 Å². The molecule has 96 valence electrons. The van der Waals surface area contributed by atoms with Crippen LogP contribution in [-0.4, -0.2) is 34.9 Å². The van der Waals surface area contributed by atoms with Crippen molar-refractivity contribution < 1.29 is 17.9 Å². The van der Waals surface area contributed by atoms with Crippen LogP contribution in [-0.2, 0) is 10.0 Å². The number of hydrogen-bond acceptors (Lipinski definition) is 4. The first-order valence-corrected chi connectivity index (χ1v) is 7.03. The summed E-state index contributed by atoms with van der Waals surface area (Å²) < 4.78 is 34.6. The molecular weight excluding hydrogens is 242 g/mol. The van der Waals surface area contributed by atoms with E-state index < -0.39 is 10.0 Å². The number of benzene rings is 1. The standard InChI is InChI=1S/C11H17NO4S/c1-9-4-5-10(11(8-9)15-2)16-7-6-12-17(3,13)14/h4-5,8,12H,6-7H2,1-3H3. The number of aryl methyl sites for hydroxylation is 1. The highest BCUT2D eigenvalue weighted by molar-refractivity contribution is 7.88. The van der Waals surface area contributed by atoms with Gasteiger partial charge in [-0.2, -0.15) is 0 Å². The van der Waals surface area contributed by atoms with Crippen molar-refractivity contribution in [2.45, 2.75) is 6.92 Å². The van der Waals surface area contributed by atoms with Gasteiger partial charge in [0.2, 0.25) is 10.0 Å². The molecule has 1 aromatic rings. The molecule has 5 nitrogen and oxygen atoms in total. The number of nitrogens with one attached hydrogen (secondary N) is 1. The van der Waals surface area contributed by atoms with Crippen LogP contribution in [0.5, 0.6) is 11.5 Å². The molecule has 0 aliphatic carbocycles. The highest BCUT2D eigenvalue weighted by Crippen LogP contribution is 2.27. The molecule has 0 bridgehead atoms. The summed E-state index contributed by atoms with van der Waals surface area (Å²) in [5, 5.41) is 0. The fourth-order valence-electron chi connectivity index (χ4n) is 1.28. The van der Waals surface area contributed by atoms with E-state index in [0.717, 1.165) is 11.8 Å². The average Bonchev–Trinajstić information content (AvgIpc) is 2.24. The summed E-state index contributed by atoms with van der Waals surface area (Å²) in [5.74, 6) is 1.25. The fraction of sp³-hybridized carbons (Fsp3) is 0.455. The normalized spacial score (nSPS) is 11.2. The lowest BCUT2D eigenvalue weighted by Gasteiger charge is -2.11. The van der Waals surface area contributed by atoms with Crippen LogP contribution in [0.2, 0.25) is 0 Å². The van der Waals surface area contributed by atoms with E-state index >= 15 is 0 Å². The molecule has 0 saturated carbocycles. The van der Waals surface area contributed by atoms with Crippen molar-refractivity contribution in [3.05, 3.63) is 23.8 Å². The summed E-state index contributed by atoms with van der Waals surface area (Å²) >= 11 is 0. The minimum absolute atomic E-state index is 0.232. The number of rotatable bonds is 6. The maximum Gasteiger partial charge on any atom is 0.208 e. The van der Waals surface area contributed by atoms with E-state index in [1.807, 2.05) is 19.1 Å². The summed E-state index contributed by atoms with van der Waals surface area (Å²) in [6.45, 7) is 2.44. The van der Waals surface area contributed by atoms with Crippen LogP contribution in [0.25, 0.3) is 0 Å². The molecule has 0 unspecified atom stereocenters. The van der Waals surface area contributed by atoms with Gasteiger partial charge in [0, 0.05) is 6.54 Å². The molecule has 0 aliphatic heterocycles. The Balaban J connectivity index is 2.52. The van der Waals surface area contributed by atoms with Crippen LogP contribution in [0.1, 0.15) is 5.56 Å². The smallest absolute Gasteiger partial charge is 0.208 e. The molecule has 0 fully saturated rings. The van der Waals surface area contributed by atoms with Crippen LogP contribution in [0, 0.1) is 6.92 Å². The molecule has 0 radical (unpaired) electrons. The first-order chi connectivity index (χ1) is 7.92. The van der Waals surface area contributed by atoms with E-state index in [0.29, 0.717) is 11.5 Å². The molecule has 17 heavy (non-hydrogen) atoms. The van der Waals surface area contributed by atoms with E-state index in [2.05, 4.69) is 4.72 Å². The highest BCUT2D eigenvalue weighted by atomic mass is 32.2. The van der Waals surface area contributed by atoms with E-state index in [1.165, 1.54) is 0 Å². The Morgan fingerprint density at radius 2 is 2.00 bits per heavy atom. The quantitative estimate of drug-likeness (QED) is 0.772. The second-order valence-electron chi connectivity index (χ2n) is 3.67. The first-order valence-electron chi connectivity index (χ1n) is 5.14. The topological polar surface area (TPSA) is 64.6 Å². The van der Waals surface area contributed by atoms with Gasteiger partial charge >= 0.3 is 0 Å². The summed E-state index contributed by atoms with van der Waals surface area (Å²) in [4.78, 5) is 0. The van der Waals surface area contributed by atoms with Gasteiger partial charge in [-0.05, 0) is 24.6 Å². The SMILES string of the molecule is COc1cc(C)ccc1OCCNS(C)(=O)=O. The van der Waals surface area contributed by atoms with Gasteiger partial charge in [-0.25, -0.2) is 13.1 Å². The van der Waals surface area contributed by atoms with Crippen molar-refractivity contribution in [2.24, 2.45) is 0 Å². The first kappa shape index (κ1) is 13.8. The predicted molar refractivity (Wildman–Crippen MR) is 66.1 cm³/mol. The molecular formula is C11H17NO4S. The van der Waals surface area contributed by atoms with Crippen LogP contribution in [0.3, 0.4) is 0 Å². The molecule has 0 atom stereocenters. The maximum atomic E-state index is 10.8. The monoisotopic (exact) mass is 259 g/mol. The lowest BCUT2D eigenvalue weighted by atomic mass is 10.2. The zero-order chi connectivity index (χ0) is 12.9. The predicted octanol–water partition coefficient (Wildman–Crippen LogP) is 0.932. The van der Waals surface area contributed by atoms with Gasteiger partial charge in [0.25, 0.3) is 0 Å². The number of methoxy groups -OCH3 is 1. The van der Waals surface area contributed by atoms with Crippen LogP contribution in [0.4, 0.5) is 0 Å². The molecule has 6 heteroatoms. The molecule has 0 aromatic heterocycles. The average molecular weight is 259 g/mol. The van der Waals surface area contributed by atoms with E-state index in [9.17, 15) is 8.42 Å². The third kappa shape index (κ3) is 5.06. The molecule has 0 aliphatic rings. The van der Waals surface area contributed by atoms with Gasteiger partial charge in [-0.1, -0.05) is 6.07 Å². The van der Waals surface area contributed by atoms with Crippen LogP contribution in [0.15, 0.2) is 18.2 Å². The van der Waals surface area contributed by atoms with Gasteiger partial charge in [-0.3, -0.25) is 0 Å². The minimum atomic E-state index is -3.16. The third-order valence-corrected chi connectivity index (χ3v) is 2.77. The van der Waals surface area contributed by atoms with Crippen LogP contribution >= 0.6 is 0 Å². The van der Waals surface area contributed by atoms with Crippen molar-refractivity contribution >= 4 is 10.0 Å².